The molecule has 0 radical (unpaired) electrons. The summed E-state index contributed by atoms with van der Waals surface area (Å²) in [5.41, 5.74) is 2.52. The van der Waals surface area contributed by atoms with Gasteiger partial charge in [0, 0.05) is 5.56 Å². The normalized spacial score (nSPS) is 10.7. The Kier molecular flexibility index (Phi) is 4.73. The van der Waals surface area contributed by atoms with Gasteiger partial charge in [0.1, 0.15) is 0 Å². The lowest BCUT2D eigenvalue weighted by molar-refractivity contribution is 0.102. The summed E-state index contributed by atoms with van der Waals surface area (Å²) in [7, 11) is 0. The van der Waals surface area contributed by atoms with Crippen LogP contribution in [0.5, 0.6) is 0 Å². The second-order valence-corrected chi connectivity index (χ2v) is 6.25. The highest BCUT2D eigenvalue weighted by Gasteiger charge is 2.14. The van der Waals surface area contributed by atoms with E-state index in [4.69, 9.17) is 11.6 Å². The quantitative estimate of drug-likeness (QED) is 0.522. The highest BCUT2D eigenvalue weighted by molar-refractivity contribution is 7.99. The van der Waals surface area contributed by atoms with Crippen LogP contribution in [0.1, 0.15) is 15.9 Å². The number of hydrogen-bond acceptors (Lipinski definition) is 5. The molecule has 0 bridgehead atoms. The Morgan fingerprint density at radius 3 is 2.65 bits per heavy atom. The smallest absolute Gasteiger partial charge is 0.214 e. The molecule has 5 nitrogen and oxygen atoms in total. The maximum Gasteiger partial charge on any atom is 0.214 e. The van der Waals surface area contributed by atoms with Crippen LogP contribution in [0, 0.1) is 6.92 Å². The number of rotatable bonds is 5. The number of aryl methyl sites for hydroxylation is 1. The third-order valence-electron chi connectivity index (χ3n) is 3.23. The van der Waals surface area contributed by atoms with Crippen LogP contribution in [0.25, 0.3) is 5.69 Å². The molecule has 0 atom stereocenters. The topological polar surface area (TPSA) is 60.7 Å². The summed E-state index contributed by atoms with van der Waals surface area (Å²) in [5.74, 6) is 0.162. The number of hydrogen-bond donors (Lipinski definition) is 0. The monoisotopic (exact) mass is 344 g/mol. The molecule has 0 N–H and O–H groups in total. The zero-order chi connectivity index (χ0) is 16.2. The molecule has 0 saturated carbocycles. The van der Waals surface area contributed by atoms with Crippen LogP contribution in [0.15, 0.2) is 53.7 Å². The number of carbonyl (C=O) groups is 1. The third-order valence-corrected chi connectivity index (χ3v) is 4.47. The van der Waals surface area contributed by atoms with Gasteiger partial charge in [-0.3, -0.25) is 4.79 Å². The van der Waals surface area contributed by atoms with Gasteiger partial charge in [0.2, 0.25) is 5.16 Å². The maximum atomic E-state index is 12.3. The minimum atomic E-state index is -0.0564. The predicted molar refractivity (Wildman–Crippen MR) is 90.4 cm³/mol. The van der Waals surface area contributed by atoms with Crippen molar-refractivity contribution in [2.75, 3.05) is 5.75 Å². The summed E-state index contributed by atoms with van der Waals surface area (Å²) in [6, 6.07) is 14.9. The van der Waals surface area contributed by atoms with E-state index in [9.17, 15) is 4.79 Å². The largest absolute Gasteiger partial charge is 0.293 e. The van der Waals surface area contributed by atoms with Gasteiger partial charge >= 0.3 is 0 Å². The first-order valence-corrected chi connectivity index (χ1v) is 8.27. The fraction of sp³-hybridized carbons (Fsp3) is 0.125. The number of Topliss-reactive ketones (excluding diaryl/α,β-unsaturated/α-hetero) is 1. The average Bonchev–Trinajstić information content (AvgIpc) is 3.02. The van der Waals surface area contributed by atoms with E-state index in [1.165, 1.54) is 11.8 Å². The Morgan fingerprint density at radius 1 is 1.17 bits per heavy atom. The number of nitrogens with zero attached hydrogens (tertiary/aromatic N) is 4. The van der Waals surface area contributed by atoms with Gasteiger partial charge in [0.15, 0.2) is 5.78 Å². The number of halogens is 1. The van der Waals surface area contributed by atoms with Crippen LogP contribution < -0.4 is 0 Å². The van der Waals surface area contributed by atoms with Crippen molar-refractivity contribution in [2.45, 2.75) is 12.1 Å². The number of carbonyl (C=O) groups excluding carboxylic acids is 1. The molecule has 116 valence electrons. The summed E-state index contributed by atoms with van der Waals surface area (Å²) in [5, 5.41) is 12.7. The van der Waals surface area contributed by atoms with Crippen molar-refractivity contribution in [1.29, 1.82) is 0 Å². The minimum absolute atomic E-state index is 0.0564. The number of aromatic nitrogens is 4. The van der Waals surface area contributed by atoms with Crippen LogP contribution >= 0.6 is 23.4 Å². The zero-order valence-electron chi connectivity index (χ0n) is 12.3. The molecule has 0 spiro atoms. The average molecular weight is 345 g/mol. The Morgan fingerprint density at radius 2 is 1.91 bits per heavy atom. The van der Waals surface area contributed by atoms with E-state index in [0.29, 0.717) is 15.7 Å². The molecule has 0 aliphatic rings. The SMILES string of the molecule is Cc1ccc(-n2nnnc2SCC(=O)c2ccccc2Cl)cc1. The summed E-state index contributed by atoms with van der Waals surface area (Å²) in [6.07, 6.45) is 0. The zero-order valence-corrected chi connectivity index (χ0v) is 13.9. The number of thioether (sulfide) groups is 1. The van der Waals surface area contributed by atoms with E-state index in [1.807, 2.05) is 31.2 Å². The number of ketones is 1. The second-order valence-electron chi connectivity index (χ2n) is 4.90. The Bertz CT molecular complexity index is 832. The van der Waals surface area contributed by atoms with Crippen LogP contribution in [0.2, 0.25) is 5.02 Å². The molecular weight excluding hydrogens is 332 g/mol. The predicted octanol–water partition coefficient (Wildman–Crippen LogP) is 3.60. The van der Waals surface area contributed by atoms with E-state index in [1.54, 1.807) is 28.9 Å². The van der Waals surface area contributed by atoms with Crippen LogP contribution in [-0.4, -0.2) is 31.7 Å². The summed E-state index contributed by atoms with van der Waals surface area (Å²) >= 11 is 7.33. The molecule has 1 aromatic heterocycles. The Balaban J connectivity index is 1.75. The second kappa shape index (κ2) is 6.93. The molecule has 3 rings (SSSR count). The van der Waals surface area contributed by atoms with E-state index in [0.717, 1.165) is 11.3 Å². The van der Waals surface area contributed by atoms with Gasteiger partial charge in [-0.25, -0.2) is 0 Å². The van der Waals surface area contributed by atoms with Gasteiger partial charge in [-0.15, -0.1) is 5.10 Å². The lowest BCUT2D eigenvalue weighted by Crippen LogP contribution is -2.05. The Hall–Kier alpha value is -2.18. The molecule has 0 aliphatic heterocycles. The van der Waals surface area contributed by atoms with Crippen LogP contribution in [0.3, 0.4) is 0 Å². The lowest BCUT2D eigenvalue weighted by atomic mass is 10.1. The molecular formula is C16H13ClN4OS. The van der Waals surface area contributed by atoms with Crippen molar-refractivity contribution in [2.24, 2.45) is 0 Å². The van der Waals surface area contributed by atoms with Gasteiger partial charge in [0.25, 0.3) is 0 Å². The molecule has 1 heterocycles. The van der Waals surface area contributed by atoms with Crippen molar-refractivity contribution < 1.29 is 4.79 Å². The van der Waals surface area contributed by atoms with Gasteiger partial charge in [-0.2, -0.15) is 4.68 Å². The van der Waals surface area contributed by atoms with E-state index in [-0.39, 0.29) is 11.5 Å². The van der Waals surface area contributed by atoms with Crippen molar-refractivity contribution in [3.63, 3.8) is 0 Å². The first kappa shape index (κ1) is 15.7. The minimum Gasteiger partial charge on any atom is -0.293 e. The van der Waals surface area contributed by atoms with Crippen molar-refractivity contribution in [1.82, 2.24) is 20.2 Å². The molecule has 3 aromatic rings. The number of tetrazole rings is 1. The first-order valence-electron chi connectivity index (χ1n) is 6.91. The third kappa shape index (κ3) is 3.60. The van der Waals surface area contributed by atoms with Gasteiger partial charge in [-0.1, -0.05) is 53.2 Å². The van der Waals surface area contributed by atoms with E-state index >= 15 is 0 Å². The molecule has 7 heteroatoms. The standard InChI is InChI=1S/C16H13ClN4OS/c1-11-6-8-12(9-7-11)21-16(18-19-20-21)23-10-15(22)13-4-2-3-5-14(13)17/h2-9H,10H2,1H3. The van der Waals surface area contributed by atoms with Gasteiger partial charge in [-0.05, 0) is 41.6 Å². The van der Waals surface area contributed by atoms with Gasteiger partial charge in [0.05, 0.1) is 16.5 Å². The van der Waals surface area contributed by atoms with Crippen molar-refractivity contribution >= 4 is 29.1 Å². The molecule has 0 amide bonds. The summed E-state index contributed by atoms with van der Waals surface area (Å²) in [4.78, 5) is 12.3. The highest BCUT2D eigenvalue weighted by Crippen LogP contribution is 2.22. The van der Waals surface area contributed by atoms with E-state index in [2.05, 4.69) is 15.5 Å². The van der Waals surface area contributed by atoms with Crippen molar-refractivity contribution in [3.05, 3.63) is 64.7 Å². The first-order chi connectivity index (χ1) is 11.1. The van der Waals surface area contributed by atoms with Crippen LogP contribution in [-0.2, 0) is 0 Å². The molecule has 0 saturated heterocycles. The van der Waals surface area contributed by atoms with Gasteiger partial charge < -0.3 is 0 Å². The fourth-order valence-electron chi connectivity index (χ4n) is 2.01. The van der Waals surface area contributed by atoms with Crippen LogP contribution in [0.4, 0.5) is 0 Å². The fourth-order valence-corrected chi connectivity index (χ4v) is 3.03. The van der Waals surface area contributed by atoms with Crippen molar-refractivity contribution in [3.8, 4) is 5.69 Å². The summed E-state index contributed by atoms with van der Waals surface area (Å²) < 4.78 is 1.62. The molecule has 0 aliphatic carbocycles. The summed E-state index contributed by atoms with van der Waals surface area (Å²) in [6.45, 7) is 2.02. The molecule has 2 aromatic carbocycles. The molecule has 0 unspecified atom stereocenters. The Labute approximate surface area is 142 Å². The van der Waals surface area contributed by atoms with E-state index < -0.39 is 0 Å². The lowest BCUT2D eigenvalue weighted by Gasteiger charge is -2.05. The molecule has 23 heavy (non-hydrogen) atoms. The highest BCUT2D eigenvalue weighted by atomic mass is 35.5. The maximum absolute atomic E-state index is 12.3. The number of benzene rings is 2. The molecule has 0 fully saturated rings.